The van der Waals surface area contributed by atoms with Crippen LogP contribution < -0.4 is 5.32 Å². The van der Waals surface area contributed by atoms with Crippen LogP contribution in [0.1, 0.15) is 173 Å². The largest absolute Gasteiger partial charge is 0.469 e. The number of hydrogen-bond donors (Lipinski definition) is 2. The van der Waals surface area contributed by atoms with Gasteiger partial charge in [-0.15, -0.1) is 0 Å². The number of carbonyl (C=O) groups is 4. The van der Waals surface area contributed by atoms with Gasteiger partial charge in [0.2, 0.25) is 5.91 Å². The minimum atomic E-state index is -2.84. The first-order valence-corrected chi connectivity index (χ1v) is 20.0. The smallest absolute Gasteiger partial charge is 0.311 e. The maximum atomic E-state index is 10.9. The Morgan fingerprint density at radius 3 is 0.922 bits per heavy atom. The van der Waals surface area contributed by atoms with Gasteiger partial charge in [0.15, 0.2) is 15.6 Å². The number of methoxy groups -OCH3 is 1. The SMILES string of the molecule is CC.CC(C)(C)S(C)(=O)=O.CC(C)C.CCC.CCOC(=O)C(C)(C)C.CNC(=O)C(C)(C)C.COC(=O)C(C)(C)C.C[C@H](O)C(=O)C(C)(C)C. The number of hydrogen-bond acceptors (Lipinski definition) is 9. The van der Waals surface area contributed by atoms with Crippen LogP contribution in [0.15, 0.2) is 0 Å². The summed E-state index contributed by atoms with van der Waals surface area (Å²) in [6, 6.07) is 0. The molecule has 0 rings (SSSR count). The molecule has 0 saturated heterocycles. The lowest BCUT2D eigenvalue weighted by atomic mass is 9.88. The molecule has 1 amide bonds. The highest BCUT2D eigenvalue weighted by Crippen LogP contribution is 2.17. The number of esters is 2. The number of ether oxygens (including phenoxy) is 2. The first-order valence-electron chi connectivity index (χ1n) is 18.1. The summed E-state index contributed by atoms with van der Waals surface area (Å²) >= 11 is 0. The van der Waals surface area contributed by atoms with E-state index >= 15 is 0 Å². The van der Waals surface area contributed by atoms with Crippen LogP contribution in [0.3, 0.4) is 0 Å². The molecule has 0 radical (unpaired) electrons. The summed E-state index contributed by atoms with van der Waals surface area (Å²) in [6.07, 6.45) is 1.66. The standard InChI is InChI=1S/2C7H14O2.C6H13NO.C6H12O2.C5H12O2S.C4H10.C3H8.C2H6/c1-5-9-6(8)7(2,3)4;1-5(8)6(9)7(2,3)4;1-6(2,3)5(8)7-4;1-6(2,3)5(7)8-4;1-5(2,3)8(4,6)7;1-4(2)3;1-3-2;1-2/h5H2,1-4H3;5,8H,1-4H3;1-4H3,(H,7,8);2*1-4H3;4H,1-3H3;3H2,1-2H3;1-2H3/t;5-;;;;;;/m.0....../s1. The van der Waals surface area contributed by atoms with Crippen LogP contribution in [0.2, 0.25) is 0 Å². The van der Waals surface area contributed by atoms with E-state index in [4.69, 9.17) is 9.84 Å². The van der Waals surface area contributed by atoms with Crippen LogP contribution >= 0.6 is 0 Å². The fourth-order valence-electron chi connectivity index (χ4n) is 1.66. The van der Waals surface area contributed by atoms with Crippen LogP contribution in [0.4, 0.5) is 0 Å². The molecule has 11 heteroatoms. The van der Waals surface area contributed by atoms with E-state index in [0.29, 0.717) is 6.61 Å². The molecular formula is C40H89NO9S. The summed E-state index contributed by atoms with van der Waals surface area (Å²) in [6.45, 7) is 45.6. The maximum Gasteiger partial charge on any atom is 0.311 e. The average molecular weight is 760 g/mol. The second kappa shape index (κ2) is 32.6. The summed E-state index contributed by atoms with van der Waals surface area (Å²) in [4.78, 5) is 43.1. The molecule has 0 aliphatic carbocycles. The Morgan fingerprint density at radius 2 is 0.902 bits per heavy atom. The number of rotatable bonds is 2. The molecular weight excluding hydrogens is 671 g/mol. The molecule has 0 spiro atoms. The zero-order chi connectivity index (χ0) is 44.0. The monoisotopic (exact) mass is 760 g/mol. The highest BCUT2D eigenvalue weighted by Gasteiger charge is 2.25. The molecule has 0 aromatic carbocycles. The van der Waals surface area contributed by atoms with Gasteiger partial charge in [0.25, 0.3) is 0 Å². The Labute approximate surface area is 318 Å². The van der Waals surface area contributed by atoms with Crippen LogP contribution in [-0.4, -0.2) is 75.0 Å². The highest BCUT2D eigenvalue weighted by atomic mass is 32.2. The van der Waals surface area contributed by atoms with Crippen LogP contribution in [0, 0.1) is 27.6 Å². The molecule has 0 fully saturated rings. The van der Waals surface area contributed by atoms with Crippen molar-refractivity contribution in [1.29, 1.82) is 0 Å². The molecule has 0 aromatic heterocycles. The van der Waals surface area contributed by atoms with Crippen molar-refractivity contribution in [3.8, 4) is 0 Å². The fraction of sp³-hybridized carbons (Fsp3) is 0.900. The number of carbonyl (C=O) groups excluding carboxylic acids is 4. The Bertz CT molecular complexity index is 937. The summed E-state index contributed by atoms with van der Waals surface area (Å²) < 4.78 is 30.0. The lowest BCUT2D eigenvalue weighted by Crippen LogP contribution is -2.31. The Kier molecular flexibility index (Phi) is 43.0. The second-order valence-electron chi connectivity index (χ2n) is 17.2. The predicted molar refractivity (Wildman–Crippen MR) is 220 cm³/mol. The lowest BCUT2D eigenvalue weighted by molar-refractivity contribution is -0.152. The number of Topliss-reactive ketones (excluding diaryl/α,β-unsaturated/α-hetero) is 1. The van der Waals surface area contributed by atoms with Crippen LogP contribution in [0.25, 0.3) is 0 Å². The van der Waals surface area contributed by atoms with Gasteiger partial charge < -0.3 is 19.9 Å². The molecule has 0 aliphatic heterocycles. The maximum absolute atomic E-state index is 10.9. The van der Waals surface area contributed by atoms with Crippen molar-refractivity contribution in [2.24, 2.45) is 27.6 Å². The van der Waals surface area contributed by atoms with E-state index in [-0.39, 0.29) is 39.9 Å². The molecule has 0 aliphatic rings. The normalized spacial score (nSPS) is 11.5. The molecule has 0 heterocycles. The molecule has 0 bridgehead atoms. The van der Waals surface area contributed by atoms with Crippen molar-refractivity contribution in [1.82, 2.24) is 5.32 Å². The third-order valence-corrected chi connectivity index (χ3v) is 7.05. The van der Waals surface area contributed by atoms with E-state index in [1.54, 1.807) is 48.6 Å². The zero-order valence-corrected chi connectivity index (χ0v) is 39.5. The molecule has 2 N–H and O–H groups in total. The van der Waals surface area contributed by atoms with Crippen molar-refractivity contribution in [3.05, 3.63) is 0 Å². The number of sulfone groups is 1. The molecule has 0 unspecified atom stereocenters. The van der Waals surface area contributed by atoms with E-state index in [2.05, 4.69) is 44.7 Å². The van der Waals surface area contributed by atoms with E-state index in [1.165, 1.54) is 26.7 Å². The van der Waals surface area contributed by atoms with Crippen LogP contribution in [-0.2, 0) is 38.5 Å². The molecule has 0 saturated carbocycles. The highest BCUT2D eigenvalue weighted by molar-refractivity contribution is 7.92. The van der Waals surface area contributed by atoms with E-state index < -0.39 is 26.1 Å². The third-order valence-electron chi connectivity index (χ3n) is 4.82. The Balaban J connectivity index is -0.0000000713. The Hall–Kier alpha value is -2.01. The Morgan fingerprint density at radius 1 is 0.647 bits per heavy atom. The van der Waals surface area contributed by atoms with E-state index in [1.807, 2.05) is 83.1 Å². The van der Waals surface area contributed by atoms with E-state index in [0.717, 1.165) is 5.92 Å². The zero-order valence-electron chi connectivity index (χ0n) is 38.7. The number of aliphatic hydroxyl groups excluding tert-OH is 1. The van der Waals surface area contributed by atoms with Crippen molar-refractivity contribution in [3.63, 3.8) is 0 Å². The van der Waals surface area contributed by atoms with Crippen molar-refractivity contribution >= 4 is 33.5 Å². The van der Waals surface area contributed by atoms with Gasteiger partial charge in [-0.05, 0) is 82.1 Å². The minimum absolute atomic E-state index is 0.0810. The average Bonchev–Trinajstić information content (AvgIpc) is 2.91. The fourth-order valence-corrected chi connectivity index (χ4v) is 1.66. The van der Waals surface area contributed by atoms with Gasteiger partial charge in [-0.25, -0.2) is 8.42 Å². The van der Waals surface area contributed by atoms with Gasteiger partial charge in [-0.2, -0.15) is 0 Å². The number of ketones is 1. The van der Waals surface area contributed by atoms with Gasteiger partial charge in [0, 0.05) is 24.1 Å². The van der Waals surface area contributed by atoms with Crippen LogP contribution in [0.5, 0.6) is 0 Å². The summed E-state index contributed by atoms with van der Waals surface area (Å²) in [5, 5.41) is 11.4. The predicted octanol–water partition coefficient (Wildman–Crippen LogP) is 9.50. The van der Waals surface area contributed by atoms with Gasteiger partial charge in [-0.3, -0.25) is 19.2 Å². The molecule has 10 nitrogen and oxygen atoms in total. The van der Waals surface area contributed by atoms with Gasteiger partial charge in [-0.1, -0.05) is 96.4 Å². The first kappa shape index (κ1) is 67.2. The number of nitrogens with one attached hydrogen (secondary N) is 1. The topological polar surface area (TPSA) is 153 Å². The van der Waals surface area contributed by atoms with E-state index in [9.17, 15) is 27.6 Å². The first-order chi connectivity index (χ1) is 22.2. The molecule has 314 valence electrons. The molecule has 1 atom stereocenters. The molecule has 51 heavy (non-hydrogen) atoms. The second-order valence-corrected chi connectivity index (χ2v) is 19.9. The number of amides is 1. The number of aliphatic hydroxyl groups is 1. The van der Waals surface area contributed by atoms with Crippen molar-refractivity contribution in [2.45, 2.75) is 183 Å². The summed E-state index contributed by atoms with van der Waals surface area (Å²) in [5.74, 6) is 0.502. The van der Waals surface area contributed by atoms with Crippen molar-refractivity contribution < 1.29 is 42.2 Å². The molecule has 0 aromatic rings. The minimum Gasteiger partial charge on any atom is -0.469 e. The third kappa shape index (κ3) is 57.6. The van der Waals surface area contributed by atoms with Gasteiger partial charge >= 0.3 is 11.9 Å². The van der Waals surface area contributed by atoms with Gasteiger partial charge in [0.1, 0.15) is 6.10 Å². The van der Waals surface area contributed by atoms with Gasteiger partial charge in [0.05, 0.1) is 29.3 Å². The quantitative estimate of drug-likeness (QED) is 0.262. The lowest BCUT2D eigenvalue weighted by Gasteiger charge is -2.17. The summed E-state index contributed by atoms with van der Waals surface area (Å²) in [7, 11) is 0.203. The van der Waals surface area contributed by atoms with Crippen molar-refractivity contribution in [2.75, 3.05) is 27.0 Å². The summed E-state index contributed by atoms with van der Waals surface area (Å²) in [5.41, 5.74) is -1.35.